The molecule has 146 valence electrons. The highest BCUT2D eigenvalue weighted by Gasteiger charge is 2.32. The molecular formula is C17H24N6O2S2. The van der Waals surface area contributed by atoms with Crippen LogP contribution in [0.4, 0.5) is 5.82 Å². The van der Waals surface area contributed by atoms with Gasteiger partial charge in [0, 0.05) is 45.3 Å². The molecular weight excluding hydrogens is 384 g/mol. The van der Waals surface area contributed by atoms with E-state index in [9.17, 15) is 8.42 Å². The average Bonchev–Trinajstić information content (AvgIpc) is 3.17. The van der Waals surface area contributed by atoms with Crippen molar-refractivity contribution in [2.24, 2.45) is 7.05 Å². The second kappa shape index (κ2) is 7.33. The van der Waals surface area contributed by atoms with Crippen LogP contribution in [0, 0.1) is 4.77 Å². The van der Waals surface area contributed by atoms with E-state index in [1.54, 1.807) is 0 Å². The highest BCUT2D eigenvalue weighted by atomic mass is 32.2. The number of sulfone groups is 1. The van der Waals surface area contributed by atoms with Gasteiger partial charge in [0.15, 0.2) is 14.6 Å². The van der Waals surface area contributed by atoms with Crippen LogP contribution in [0.1, 0.15) is 18.2 Å². The van der Waals surface area contributed by atoms with E-state index >= 15 is 0 Å². The maximum atomic E-state index is 11.8. The summed E-state index contributed by atoms with van der Waals surface area (Å²) in [6.45, 7) is 4.25. The molecule has 0 unspecified atom stereocenters. The summed E-state index contributed by atoms with van der Waals surface area (Å²) in [6.07, 6.45) is 2.45. The van der Waals surface area contributed by atoms with Gasteiger partial charge in [-0.3, -0.25) is 4.90 Å². The Bertz CT molecular complexity index is 961. The quantitative estimate of drug-likeness (QED) is 0.699. The molecule has 2 saturated heterocycles. The van der Waals surface area contributed by atoms with E-state index in [1.165, 1.54) is 0 Å². The van der Waals surface area contributed by atoms with Crippen molar-refractivity contribution in [2.45, 2.75) is 19.0 Å². The zero-order valence-corrected chi connectivity index (χ0v) is 17.0. The molecule has 4 rings (SSSR count). The van der Waals surface area contributed by atoms with Crippen LogP contribution in [0.2, 0.25) is 0 Å². The van der Waals surface area contributed by atoms with Crippen LogP contribution >= 0.6 is 12.2 Å². The van der Waals surface area contributed by atoms with E-state index in [0.717, 1.165) is 37.8 Å². The van der Waals surface area contributed by atoms with Crippen molar-refractivity contribution in [3.63, 3.8) is 0 Å². The number of hydrogen-bond acceptors (Lipinski definition) is 7. The summed E-state index contributed by atoms with van der Waals surface area (Å²) in [5.74, 6) is 2.16. The predicted octanol–water partition coefficient (Wildman–Crippen LogP) is 1.03. The second-order valence-electron chi connectivity index (χ2n) is 7.23. The van der Waals surface area contributed by atoms with Gasteiger partial charge in [-0.2, -0.15) is 5.10 Å². The molecule has 0 aromatic carbocycles. The average molecular weight is 409 g/mol. The fourth-order valence-corrected chi connectivity index (χ4v) is 5.73. The largest absolute Gasteiger partial charge is 0.354 e. The topological polar surface area (TPSA) is 76.3 Å². The highest BCUT2D eigenvalue weighted by Crippen LogP contribution is 2.27. The maximum Gasteiger partial charge on any atom is 0.198 e. The predicted molar refractivity (Wildman–Crippen MR) is 106 cm³/mol. The molecule has 2 fully saturated rings. The minimum absolute atomic E-state index is 0.0519. The molecule has 10 heteroatoms. The van der Waals surface area contributed by atoms with Gasteiger partial charge in [0.05, 0.1) is 18.2 Å². The van der Waals surface area contributed by atoms with Crippen molar-refractivity contribution in [2.75, 3.05) is 42.6 Å². The Hall–Kier alpha value is -1.78. The van der Waals surface area contributed by atoms with Crippen molar-refractivity contribution < 1.29 is 8.42 Å². The van der Waals surface area contributed by atoms with Gasteiger partial charge in [0.2, 0.25) is 0 Å². The van der Waals surface area contributed by atoms with Gasteiger partial charge in [0.1, 0.15) is 11.6 Å². The van der Waals surface area contributed by atoms with E-state index in [0.29, 0.717) is 17.9 Å². The number of anilines is 1. The van der Waals surface area contributed by atoms with E-state index in [1.807, 2.05) is 40.7 Å². The molecule has 8 nitrogen and oxygen atoms in total. The molecule has 0 N–H and O–H groups in total. The van der Waals surface area contributed by atoms with E-state index in [4.69, 9.17) is 12.2 Å². The Labute approximate surface area is 164 Å². The van der Waals surface area contributed by atoms with Crippen LogP contribution in [-0.2, 0) is 23.6 Å². The Kier molecular flexibility index (Phi) is 5.04. The molecule has 2 aromatic rings. The van der Waals surface area contributed by atoms with Crippen molar-refractivity contribution >= 4 is 27.9 Å². The number of pyridine rings is 1. The van der Waals surface area contributed by atoms with Gasteiger partial charge in [0.25, 0.3) is 0 Å². The summed E-state index contributed by atoms with van der Waals surface area (Å²) in [6, 6.07) is 5.97. The van der Waals surface area contributed by atoms with Crippen molar-refractivity contribution in [3.05, 3.63) is 35.0 Å². The zero-order valence-electron chi connectivity index (χ0n) is 15.4. The summed E-state index contributed by atoms with van der Waals surface area (Å²) >= 11 is 5.54. The molecule has 2 aromatic heterocycles. The molecule has 1 atom stereocenters. The van der Waals surface area contributed by atoms with Crippen LogP contribution in [-0.4, -0.2) is 70.3 Å². The number of rotatable bonds is 4. The lowest BCUT2D eigenvalue weighted by Gasteiger charge is -2.35. The van der Waals surface area contributed by atoms with Crippen LogP contribution < -0.4 is 4.90 Å². The Morgan fingerprint density at radius 2 is 2.00 bits per heavy atom. The van der Waals surface area contributed by atoms with Crippen LogP contribution in [0.5, 0.6) is 0 Å². The molecule has 2 aliphatic rings. The lowest BCUT2D eigenvalue weighted by molar-refractivity contribution is 0.193. The lowest BCUT2D eigenvalue weighted by atomic mass is 10.1. The Balaban J connectivity index is 1.42. The van der Waals surface area contributed by atoms with Gasteiger partial charge in [-0.15, -0.1) is 0 Å². The first-order chi connectivity index (χ1) is 12.9. The maximum absolute atomic E-state index is 11.8. The molecule has 0 bridgehead atoms. The minimum atomic E-state index is -2.94. The number of piperazine rings is 1. The van der Waals surface area contributed by atoms with Gasteiger partial charge >= 0.3 is 0 Å². The first-order valence-electron chi connectivity index (χ1n) is 9.15. The molecule has 2 aliphatic heterocycles. The van der Waals surface area contributed by atoms with Gasteiger partial charge in [-0.25, -0.2) is 18.1 Å². The summed E-state index contributed by atoms with van der Waals surface area (Å²) in [7, 11) is -1.06. The van der Waals surface area contributed by atoms with E-state index in [-0.39, 0.29) is 17.4 Å². The third-order valence-electron chi connectivity index (χ3n) is 5.35. The van der Waals surface area contributed by atoms with Gasteiger partial charge in [-0.05, 0) is 30.8 Å². The van der Waals surface area contributed by atoms with E-state index in [2.05, 4.69) is 19.9 Å². The third kappa shape index (κ3) is 3.92. The minimum Gasteiger partial charge on any atom is -0.354 e. The standard InChI is InChI=1S/C17H24N6O2S2/c1-20-16(14-5-11-27(24,25)12-14)19-23(17(20)26)13-21-7-9-22(10-8-21)15-4-2-3-6-18-15/h2-4,6,14H,5,7-13H2,1H3/t14-/m1/s1. The lowest BCUT2D eigenvalue weighted by Crippen LogP contribution is -2.47. The van der Waals surface area contributed by atoms with Crippen LogP contribution in [0.25, 0.3) is 0 Å². The molecule has 0 saturated carbocycles. The summed E-state index contributed by atoms with van der Waals surface area (Å²) in [4.78, 5) is 9.01. The Morgan fingerprint density at radius 1 is 1.22 bits per heavy atom. The molecule has 0 aliphatic carbocycles. The van der Waals surface area contributed by atoms with Crippen LogP contribution in [0.15, 0.2) is 24.4 Å². The van der Waals surface area contributed by atoms with Crippen molar-refractivity contribution in [1.82, 2.24) is 24.2 Å². The molecule has 0 radical (unpaired) electrons. The molecule has 0 amide bonds. The third-order valence-corrected chi connectivity index (χ3v) is 7.60. The SMILES string of the molecule is Cn1c([C@@H]2CCS(=O)(=O)C2)nn(CN2CCN(c3ccccn3)CC2)c1=S. The smallest absolute Gasteiger partial charge is 0.198 e. The molecule has 4 heterocycles. The van der Waals surface area contributed by atoms with E-state index < -0.39 is 9.84 Å². The molecule has 27 heavy (non-hydrogen) atoms. The van der Waals surface area contributed by atoms with Crippen molar-refractivity contribution in [1.29, 1.82) is 0 Å². The number of hydrogen-bond donors (Lipinski definition) is 0. The summed E-state index contributed by atoms with van der Waals surface area (Å²) in [5.41, 5.74) is 0. The first kappa shape index (κ1) is 18.6. The van der Waals surface area contributed by atoms with Crippen molar-refractivity contribution in [3.8, 4) is 0 Å². The summed E-state index contributed by atoms with van der Waals surface area (Å²) in [5, 5.41) is 4.67. The summed E-state index contributed by atoms with van der Waals surface area (Å²) < 4.78 is 27.9. The monoisotopic (exact) mass is 408 g/mol. The molecule has 0 spiro atoms. The first-order valence-corrected chi connectivity index (χ1v) is 11.4. The fraction of sp³-hybridized carbons (Fsp3) is 0.588. The normalized spacial score (nSPS) is 23.0. The van der Waals surface area contributed by atoms with Gasteiger partial charge < -0.3 is 9.47 Å². The van der Waals surface area contributed by atoms with Crippen LogP contribution in [0.3, 0.4) is 0 Å². The second-order valence-corrected chi connectivity index (χ2v) is 9.83. The Morgan fingerprint density at radius 3 is 2.63 bits per heavy atom. The fourth-order valence-electron chi connectivity index (χ4n) is 3.80. The highest BCUT2D eigenvalue weighted by molar-refractivity contribution is 7.91. The number of aromatic nitrogens is 4. The van der Waals surface area contributed by atoms with Gasteiger partial charge in [-0.1, -0.05) is 6.07 Å². The zero-order chi connectivity index (χ0) is 19.0. The number of nitrogens with zero attached hydrogens (tertiary/aromatic N) is 6.